The molecule has 2 aromatic heterocycles. The van der Waals surface area contributed by atoms with Gasteiger partial charge in [-0.1, -0.05) is 18.2 Å². The molecule has 4 rings (SSSR count). The van der Waals surface area contributed by atoms with Crippen molar-refractivity contribution in [2.75, 3.05) is 29.1 Å². The molecule has 9 heteroatoms. The molecule has 5 N–H and O–H groups in total. The van der Waals surface area contributed by atoms with E-state index in [1.807, 2.05) is 29.2 Å². The van der Waals surface area contributed by atoms with E-state index in [9.17, 15) is 5.11 Å². The number of hydrogen-bond acceptors (Lipinski definition) is 8. The van der Waals surface area contributed by atoms with Crippen LogP contribution in [-0.4, -0.2) is 49.7 Å². The smallest absolute Gasteiger partial charge is 0.229 e. The van der Waals surface area contributed by atoms with Crippen LogP contribution in [0.15, 0.2) is 24.3 Å². The van der Waals surface area contributed by atoms with E-state index in [2.05, 4.69) is 30.7 Å². The van der Waals surface area contributed by atoms with Crippen LogP contribution in [0.25, 0.3) is 11.2 Å². The van der Waals surface area contributed by atoms with Crippen LogP contribution in [0.5, 0.6) is 0 Å². The summed E-state index contributed by atoms with van der Waals surface area (Å²) in [7, 11) is 0. The fraction of sp³-hybridized carbons (Fsp3) is 0.375. The summed E-state index contributed by atoms with van der Waals surface area (Å²) in [5.74, 6) is 1.15. The predicted octanol–water partition coefficient (Wildman–Crippen LogP) is 0.903. The average Bonchev–Trinajstić information content (AvgIpc) is 3.29. The number of aliphatic hydroxyl groups is 1. The van der Waals surface area contributed by atoms with E-state index in [0.717, 1.165) is 30.6 Å². The Labute approximate surface area is 144 Å². The number of aromatic amines is 1. The summed E-state index contributed by atoms with van der Waals surface area (Å²) in [4.78, 5) is 11.1. The molecule has 0 radical (unpaired) electrons. The summed E-state index contributed by atoms with van der Waals surface area (Å²) in [6, 6.07) is 7.72. The van der Waals surface area contributed by atoms with E-state index in [1.54, 1.807) is 0 Å². The van der Waals surface area contributed by atoms with E-state index in [4.69, 9.17) is 5.73 Å². The number of nitrogens with one attached hydrogen (secondary N) is 2. The van der Waals surface area contributed by atoms with Gasteiger partial charge in [0, 0.05) is 18.8 Å². The molecule has 0 bridgehead atoms. The molecule has 0 aliphatic carbocycles. The highest BCUT2D eigenvalue weighted by molar-refractivity contribution is 5.83. The molecule has 3 heterocycles. The second-order valence-corrected chi connectivity index (χ2v) is 6.09. The summed E-state index contributed by atoms with van der Waals surface area (Å²) in [6.07, 6.45) is 1.94. The lowest BCUT2D eigenvalue weighted by Crippen LogP contribution is -2.33. The van der Waals surface area contributed by atoms with Crippen molar-refractivity contribution in [2.24, 2.45) is 0 Å². The topological polar surface area (TPSA) is 129 Å². The second-order valence-electron chi connectivity index (χ2n) is 6.09. The largest absolute Gasteiger partial charge is 0.398 e. The number of aromatic nitrogens is 5. The molecular weight excluding hydrogens is 320 g/mol. The maximum Gasteiger partial charge on any atom is 0.229 e. The van der Waals surface area contributed by atoms with Crippen LogP contribution >= 0.6 is 0 Å². The highest BCUT2D eigenvalue weighted by Gasteiger charge is 2.27. The third-order valence-corrected chi connectivity index (χ3v) is 4.52. The lowest BCUT2D eigenvalue weighted by molar-refractivity contribution is 0.265. The first-order valence-corrected chi connectivity index (χ1v) is 8.29. The van der Waals surface area contributed by atoms with Crippen LogP contribution in [-0.2, 0) is 6.54 Å². The Balaban J connectivity index is 1.65. The molecule has 1 aliphatic rings. The van der Waals surface area contributed by atoms with Crippen LogP contribution in [0, 0.1) is 0 Å². The summed E-state index contributed by atoms with van der Waals surface area (Å²) >= 11 is 0. The molecule has 0 spiro atoms. The number of hydrogen-bond donors (Lipinski definition) is 4. The Morgan fingerprint density at radius 1 is 1.28 bits per heavy atom. The first kappa shape index (κ1) is 15.6. The van der Waals surface area contributed by atoms with Gasteiger partial charge in [0.2, 0.25) is 11.6 Å². The van der Waals surface area contributed by atoms with E-state index in [1.165, 1.54) is 0 Å². The van der Waals surface area contributed by atoms with Gasteiger partial charge in [0.25, 0.3) is 0 Å². The van der Waals surface area contributed by atoms with Crippen molar-refractivity contribution in [3.05, 3.63) is 29.8 Å². The van der Waals surface area contributed by atoms with Gasteiger partial charge < -0.3 is 21.1 Å². The van der Waals surface area contributed by atoms with Gasteiger partial charge in [0.05, 0.1) is 12.6 Å². The van der Waals surface area contributed by atoms with Gasteiger partial charge in [-0.15, -0.1) is 5.10 Å². The van der Waals surface area contributed by atoms with E-state index in [0.29, 0.717) is 29.5 Å². The van der Waals surface area contributed by atoms with Gasteiger partial charge in [-0.25, -0.2) is 0 Å². The van der Waals surface area contributed by atoms with E-state index >= 15 is 0 Å². The maximum atomic E-state index is 9.56. The van der Waals surface area contributed by atoms with Crippen LogP contribution < -0.4 is 16.0 Å². The van der Waals surface area contributed by atoms with Crippen molar-refractivity contribution in [3.63, 3.8) is 0 Å². The van der Waals surface area contributed by atoms with Crippen LogP contribution in [0.2, 0.25) is 0 Å². The molecule has 130 valence electrons. The summed E-state index contributed by atoms with van der Waals surface area (Å²) in [6.45, 7) is 1.43. The van der Waals surface area contributed by atoms with Crippen LogP contribution in [0.1, 0.15) is 18.4 Å². The summed E-state index contributed by atoms with van der Waals surface area (Å²) < 4.78 is 0. The minimum Gasteiger partial charge on any atom is -0.398 e. The van der Waals surface area contributed by atoms with Gasteiger partial charge in [0.1, 0.15) is 0 Å². The zero-order valence-electron chi connectivity index (χ0n) is 13.7. The monoisotopic (exact) mass is 340 g/mol. The molecular formula is C16H20N8O. The number of nitrogen functional groups attached to an aromatic ring is 1. The fourth-order valence-electron chi connectivity index (χ4n) is 3.15. The van der Waals surface area contributed by atoms with Crippen LogP contribution in [0.3, 0.4) is 0 Å². The molecule has 1 unspecified atom stereocenters. The van der Waals surface area contributed by atoms with Gasteiger partial charge in [-0.3, -0.25) is 0 Å². The number of nitrogens with two attached hydrogens (primary N) is 1. The van der Waals surface area contributed by atoms with Crippen molar-refractivity contribution in [1.82, 2.24) is 25.4 Å². The first-order valence-electron chi connectivity index (χ1n) is 8.29. The minimum absolute atomic E-state index is 0.0435. The number of rotatable bonds is 5. The molecule has 1 fully saturated rings. The Kier molecular flexibility index (Phi) is 4.06. The Hall–Kier alpha value is -2.94. The van der Waals surface area contributed by atoms with Crippen molar-refractivity contribution >= 4 is 28.6 Å². The molecule has 1 aliphatic heterocycles. The number of aliphatic hydroxyl groups excluding tert-OH is 1. The fourth-order valence-corrected chi connectivity index (χ4v) is 3.15. The molecule has 3 aromatic rings. The number of para-hydroxylation sites is 1. The number of H-pyrrole nitrogens is 1. The molecule has 0 saturated carbocycles. The van der Waals surface area contributed by atoms with Crippen molar-refractivity contribution in [2.45, 2.75) is 25.4 Å². The zero-order chi connectivity index (χ0) is 17.2. The minimum atomic E-state index is 0.0435. The molecule has 1 aromatic carbocycles. The van der Waals surface area contributed by atoms with E-state index < -0.39 is 0 Å². The van der Waals surface area contributed by atoms with Crippen molar-refractivity contribution in [1.29, 1.82) is 0 Å². The van der Waals surface area contributed by atoms with Gasteiger partial charge in [-0.05, 0) is 24.5 Å². The van der Waals surface area contributed by atoms with Crippen LogP contribution in [0.4, 0.5) is 17.5 Å². The second kappa shape index (κ2) is 6.52. The Bertz CT molecular complexity index is 879. The molecule has 1 saturated heterocycles. The lowest BCUT2D eigenvalue weighted by Gasteiger charge is -2.23. The highest BCUT2D eigenvalue weighted by Crippen LogP contribution is 2.26. The Morgan fingerprint density at radius 2 is 2.16 bits per heavy atom. The lowest BCUT2D eigenvalue weighted by atomic mass is 10.2. The summed E-state index contributed by atoms with van der Waals surface area (Å²) in [5, 5.41) is 23.7. The highest BCUT2D eigenvalue weighted by atomic mass is 16.3. The SMILES string of the molecule is Nc1ccccc1CNc1nc(N2CCCC2CO)nc2n[nH]nc12. The van der Waals surface area contributed by atoms with Gasteiger partial charge in [-0.2, -0.15) is 20.3 Å². The molecule has 0 amide bonds. The average molecular weight is 340 g/mol. The predicted molar refractivity (Wildman–Crippen MR) is 95.1 cm³/mol. The van der Waals surface area contributed by atoms with Gasteiger partial charge >= 0.3 is 0 Å². The van der Waals surface area contributed by atoms with Gasteiger partial charge in [0.15, 0.2) is 11.3 Å². The number of benzene rings is 1. The number of nitrogens with zero attached hydrogens (tertiary/aromatic N) is 5. The third-order valence-electron chi connectivity index (χ3n) is 4.52. The molecule has 25 heavy (non-hydrogen) atoms. The summed E-state index contributed by atoms with van der Waals surface area (Å²) in [5.41, 5.74) is 8.78. The standard InChI is InChI=1S/C16H20N8O/c17-12-6-2-1-4-10(12)8-18-14-13-15(22-23-21-13)20-16(19-14)24-7-3-5-11(24)9-25/h1-2,4,6,11,25H,3,5,7-9,17H2,(H2,18,19,20,21,22,23). The Morgan fingerprint density at radius 3 is 3.00 bits per heavy atom. The third kappa shape index (κ3) is 2.93. The quantitative estimate of drug-likeness (QED) is 0.504. The van der Waals surface area contributed by atoms with Crippen molar-refractivity contribution < 1.29 is 5.11 Å². The first-order chi connectivity index (χ1) is 12.3. The molecule has 9 nitrogen and oxygen atoms in total. The molecule has 1 atom stereocenters. The number of anilines is 3. The normalized spacial score (nSPS) is 17.3. The van der Waals surface area contributed by atoms with E-state index in [-0.39, 0.29) is 12.6 Å². The number of fused-ring (bicyclic) bond motifs is 1. The van der Waals surface area contributed by atoms with Crippen molar-refractivity contribution in [3.8, 4) is 0 Å². The maximum absolute atomic E-state index is 9.56. The zero-order valence-corrected chi connectivity index (χ0v) is 13.7.